The van der Waals surface area contributed by atoms with Gasteiger partial charge in [0.25, 0.3) is 0 Å². The fourth-order valence-electron chi connectivity index (χ4n) is 3.09. The number of ether oxygens (including phenoxy) is 1. The number of nitrogen functional groups attached to an aromatic ring is 1. The number of furan rings is 1. The fourth-order valence-corrected chi connectivity index (χ4v) is 3.09. The first kappa shape index (κ1) is 16.0. The fraction of sp³-hybridized carbons (Fsp3) is 0.0952. The molecule has 2 aromatic carbocycles. The Bertz CT molecular complexity index is 1040. The van der Waals surface area contributed by atoms with Crippen LogP contribution in [0, 0.1) is 0 Å². The molecule has 0 aliphatic carbocycles. The van der Waals surface area contributed by atoms with Crippen molar-refractivity contribution in [3.05, 3.63) is 72.8 Å². The van der Waals surface area contributed by atoms with Gasteiger partial charge >= 0.3 is 0 Å². The molecule has 0 bridgehead atoms. The van der Waals surface area contributed by atoms with Gasteiger partial charge in [-0.3, -0.25) is 0 Å². The Labute approximate surface area is 151 Å². The number of benzene rings is 2. The molecule has 0 amide bonds. The lowest BCUT2D eigenvalue weighted by atomic mass is 9.99. The number of nitrogens with zero attached hydrogens (tertiary/aromatic N) is 1. The number of methoxy groups -OCH3 is 1. The summed E-state index contributed by atoms with van der Waals surface area (Å²) in [7, 11) is 1.66. The van der Waals surface area contributed by atoms with Gasteiger partial charge in [0.1, 0.15) is 17.3 Å². The molecule has 0 saturated heterocycles. The number of hydrogen-bond donors (Lipinski definition) is 2. The molecule has 130 valence electrons. The van der Waals surface area contributed by atoms with E-state index in [4.69, 9.17) is 14.9 Å². The van der Waals surface area contributed by atoms with Gasteiger partial charge in [-0.25, -0.2) is 4.98 Å². The number of pyridine rings is 1. The zero-order valence-corrected chi connectivity index (χ0v) is 14.4. The lowest BCUT2D eigenvalue weighted by Crippen LogP contribution is -2.02. The average molecular weight is 345 g/mol. The Balaban J connectivity index is 1.85. The van der Waals surface area contributed by atoms with Crippen LogP contribution in [0.2, 0.25) is 0 Å². The minimum atomic E-state index is 0.546. The van der Waals surface area contributed by atoms with Crippen LogP contribution in [0.4, 0.5) is 11.5 Å². The van der Waals surface area contributed by atoms with Crippen molar-refractivity contribution in [2.24, 2.45) is 0 Å². The van der Waals surface area contributed by atoms with Crippen LogP contribution < -0.4 is 15.8 Å². The maximum Gasteiger partial charge on any atom is 0.138 e. The first-order valence-corrected chi connectivity index (χ1v) is 8.34. The minimum absolute atomic E-state index is 0.546. The zero-order valence-electron chi connectivity index (χ0n) is 14.4. The molecule has 0 aliphatic heterocycles. The van der Waals surface area contributed by atoms with Crippen molar-refractivity contribution < 1.29 is 9.15 Å². The molecule has 0 radical (unpaired) electrons. The topological polar surface area (TPSA) is 73.3 Å². The zero-order chi connectivity index (χ0) is 17.9. The number of hydrogen-bond acceptors (Lipinski definition) is 5. The quantitative estimate of drug-likeness (QED) is 0.513. The van der Waals surface area contributed by atoms with Crippen LogP contribution >= 0.6 is 0 Å². The predicted molar refractivity (Wildman–Crippen MR) is 104 cm³/mol. The summed E-state index contributed by atoms with van der Waals surface area (Å²) in [5, 5.41) is 5.33. The third-order valence-corrected chi connectivity index (χ3v) is 4.30. The molecule has 26 heavy (non-hydrogen) atoms. The number of anilines is 2. The highest BCUT2D eigenvalue weighted by molar-refractivity contribution is 6.05. The number of fused-ring (bicyclic) bond motifs is 1. The molecule has 2 heterocycles. The van der Waals surface area contributed by atoms with Crippen LogP contribution in [-0.2, 0) is 6.54 Å². The van der Waals surface area contributed by atoms with Gasteiger partial charge in [0.05, 0.1) is 25.3 Å². The van der Waals surface area contributed by atoms with E-state index in [0.717, 1.165) is 44.9 Å². The van der Waals surface area contributed by atoms with Gasteiger partial charge in [0.15, 0.2) is 0 Å². The maximum atomic E-state index is 5.96. The Morgan fingerprint density at radius 2 is 2.00 bits per heavy atom. The van der Waals surface area contributed by atoms with Crippen LogP contribution in [0.15, 0.2) is 71.5 Å². The second kappa shape index (κ2) is 6.80. The molecule has 0 fully saturated rings. The molecule has 0 saturated carbocycles. The van der Waals surface area contributed by atoms with Crippen LogP contribution in [0.5, 0.6) is 5.75 Å². The third kappa shape index (κ3) is 2.95. The number of rotatable bonds is 5. The smallest absolute Gasteiger partial charge is 0.138 e. The molecule has 5 nitrogen and oxygen atoms in total. The summed E-state index contributed by atoms with van der Waals surface area (Å²) in [5.74, 6) is 2.36. The van der Waals surface area contributed by atoms with Crippen molar-refractivity contribution in [3.8, 4) is 16.9 Å². The lowest BCUT2D eigenvalue weighted by molar-refractivity contribution is 0.420. The molecule has 0 unspecified atom stereocenters. The molecule has 4 aromatic rings. The summed E-state index contributed by atoms with van der Waals surface area (Å²) >= 11 is 0. The third-order valence-electron chi connectivity index (χ3n) is 4.30. The molecular formula is C21H19N3O2. The summed E-state index contributed by atoms with van der Waals surface area (Å²) in [6.45, 7) is 0.546. The van der Waals surface area contributed by atoms with Gasteiger partial charge in [-0.15, -0.1) is 0 Å². The summed E-state index contributed by atoms with van der Waals surface area (Å²) in [4.78, 5) is 4.65. The van der Waals surface area contributed by atoms with E-state index in [0.29, 0.717) is 6.54 Å². The van der Waals surface area contributed by atoms with Crippen molar-refractivity contribution in [1.29, 1.82) is 0 Å². The second-order valence-corrected chi connectivity index (χ2v) is 5.96. The highest BCUT2D eigenvalue weighted by atomic mass is 16.5. The second-order valence-electron chi connectivity index (χ2n) is 5.96. The standard InChI is InChI=1S/C21H19N3O2/c1-25-19-9-3-8-17-18(14-5-2-6-15(22)11-14)13-24-21(20(17)19)23-12-16-7-4-10-26-16/h2-11,13H,12,22H2,1H3,(H,23,24). The Kier molecular flexibility index (Phi) is 4.19. The number of nitrogens with one attached hydrogen (secondary N) is 1. The summed E-state index contributed by atoms with van der Waals surface area (Å²) in [6, 6.07) is 17.6. The minimum Gasteiger partial charge on any atom is -0.496 e. The van der Waals surface area contributed by atoms with Gasteiger partial charge in [0, 0.05) is 17.4 Å². The predicted octanol–water partition coefficient (Wildman–Crippen LogP) is 4.70. The van der Waals surface area contributed by atoms with E-state index >= 15 is 0 Å². The Morgan fingerprint density at radius 1 is 1.12 bits per heavy atom. The first-order valence-electron chi connectivity index (χ1n) is 8.34. The van der Waals surface area contributed by atoms with E-state index < -0.39 is 0 Å². The number of aromatic nitrogens is 1. The lowest BCUT2D eigenvalue weighted by Gasteiger charge is -2.14. The molecule has 0 aliphatic rings. The van der Waals surface area contributed by atoms with Crippen molar-refractivity contribution >= 4 is 22.3 Å². The molecule has 3 N–H and O–H groups in total. The molecule has 0 atom stereocenters. The van der Waals surface area contributed by atoms with Gasteiger partial charge in [-0.2, -0.15) is 0 Å². The van der Waals surface area contributed by atoms with Crippen LogP contribution in [0.25, 0.3) is 21.9 Å². The Hall–Kier alpha value is -3.47. The van der Waals surface area contributed by atoms with Crippen LogP contribution in [0.1, 0.15) is 5.76 Å². The van der Waals surface area contributed by atoms with E-state index in [1.54, 1.807) is 13.4 Å². The van der Waals surface area contributed by atoms with E-state index in [9.17, 15) is 0 Å². The summed E-state index contributed by atoms with van der Waals surface area (Å²) < 4.78 is 11.0. The van der Waals surface area contributed by atoms with Gasteiger partial charge in [-0.1, -0.05) is 24.3 Å². The molecule has 0 spiro atoms. The first-order chi connectivity index (χ1) is 12.8. The van der Waals surface area contributed by atoms with Crippen molar-refractivity contribution in [2.75, 3.05) is 18.2 Å². The normalized spacial score (nSPS) is 10.8. The van der Waals surface area contributed by atoms with Gasteiger partial charge in [-0.05, 0) is 41.3 Å². The van der Waals surface area contributed by atoms with Gasteiger partial charge in [0.2, 0.25) is 0 Å². The van der Waals surface area contributed by atoms with Gasteiger partial charge < -0.3 is 20.2 Å². The van der Waals surface area contributed by atoms with Crippen LogP contribution in [0.3, 0.4) is 0 Å². The van der Waals surface area contributed by atoms with E-state index in [2.05, 4.69) is 16.4 Å². The van der Waals surface area contributed by atoms with Crippen molar-refractivity contribution in [2.45, 2.75) is 6.54 Å². The SMILES string of the molecule is COc1cccc2c(-c3cccc(N)c3)cnc(NCc3ccco3)c12. The molecule has 5 heteroatoms. The molecular weight excluding hydrogens is 326 g/mol. The molecule has 2 aromatic heterocycles. The largest absolute Gasteiger partial charge is 0.496 e. The van der Waals surface area contributed by atoms with Crippen molar-refractivity contribution in [3.63, 3.8) is 0 Å². The highest BCUT2D eigenvalue weighted by Gasteiger charge is 2.14. The summed E-state index contributed by atoms with van der Waals surface area (Å²) in [5.41, 5.74) is 8.71. The Morgan fingerprint density at radius 3 is 2.77 bits per heavy atom. The highest BCUT2D eigenvalue weighted by Crippen LogP contribution is 2.37. The molecule has 4 rings (SSSR count). The van der Waals surface area contributed by atoms with E-state index in [1.807, 2.05) is 54.7 Å². The van der Waals surface area contributed by atoms with E-state index in [-0.39, 0.29) is 0 Å². The van der Waals surface area contributed by atoms with Crippen molar-refractivity contribution in [1.82, 2.24) is 4.98 Å². The summed E-state index contributed by atoms with van der Waals surface area (Å²) in [6.07, 6.45) is 3.52. The number of nitrogens with two attached hydrogens (primary N) is 1. The monoisotopic (exact) mass is 345 g/mol. The average Bonchev–Trinajstić information content (AvgIpc) is 3.19. The van der Waals surface area contributed by atoms with E-state index in [1.165, 1.54) is 0 Å². The van der Waals surface area contributed by atoms with Crippen LogP contribution in [-0.4, -0.2) is 12.1 Å². The maximum absolute atomic E-state index is 5.96.